The van der Waals surface area contributed by atoms with Crippen LogP contribution in [0.3, 0.4) is 0 Å². The quantitative estimate of drug-likeness (QED) is 0.857. The first-order valence-corrected chi connectivity index (χ1v) is 7.48. The van der Waals surface area contributed by atoms with E-state index in [4.69, 9.17) is 15.2 Å². The molecule has 1 aromatic carbocycles. The molecule has 1 aliphatic heterocycles. The van der Waals surface area contributed by atoms with E-state index in [1.165, 1.54) is 0 Å². The van der Waals surface area contributed by atoms with Crippen LogP contribution in [0.4, 0.5) is 4.39 Å². The smallest absolute Gasteiger partial charge is 0.178 e. The van der Waals surface area contributed by atoms with E-state index in [9.17, 15) is 4.39 Å². The Bertz CT molecular complexity index is 501. The van der Waals surface area contributed by atoms with Gasteiger partial charge < -0.3 is 15.2 Å². The van der Waals surface area contributed by atoms with Crippen LogP contribution in [0.25, 0.3) is 0 Å². The molecule has 1 aromatic rings. The van der Waals surface area contributed by atoms with Crippen LogP contribution in [0.15, 0.2) is 10.5 Å². The van der Waals surface area contributed by atoms with Gasteiger partial charge in [-0.25, -0.2) is 4.39 Å². The molecule has 3 rings (SSSR count). The molecule has 5 heteroatoms. The van der Waals surface area contributed by atoms with Gasteiger partial charge in [0.2, 0.25) is 0 Å². The normalized spacial score (nSPS) is 21.2. The summed E-state index contributed by atoms with van der Waals surface area (Å²) in [5.41, 5.74) is 6.34. The zero-order valence-corrected chi connectivity index (χ0v) is 12.3. The fourth-order valence-electron chi connectivity index (χ4n) is 2.88. The lowest BCUT2D eigenvalue weighted by Gasteiger charge is -2.26. The summed E-state index contributed by atoms with van der Waals surface area (Å²) in [6, 6.07) is 1.73. The van der Waals surface area contributed by atoms with Crippen molar-refractivity contribution in [2.24, 2.45) is 5.73 Å². The van der Waals surface area contributed by atoms with Gasteiger partial charge in [-0.15, -0.1) is 0 Å². The van der Waals surface area contributed by atoms with E-state index in [0.29, 0.717) is 34.7 Å². The summed E-state index contributed by atoms with van der Waals surface area (Å²) >= 11 is 3.29. The van der Waals surface area contributed by atoms with Crippen molar-refractivity contribution < 1.29 is 13.9 Å². The summed E-state index contributed by atoms with van der Waals surface area (Å²) in [5.74, 6) is 0.742. The van der Waals surface area contributed by atoms with E-state index in [-0.39, 0.29) is 5.82 Å². The molecule has 0 aromatic heterocycles. The third-order valence-corrected chi connectivity index (χ3v) is 4.66. The van der Waals surface area contributed by atoms with Crippen LogP contribution in [0.1, 0.15) is 37.7 Å². The highest BCUT2D eigenvalue weighted by Crippen LogP contribution is 2.46. The second-order valence-electron chi connectivity index (χ2n) is 5.29. The monoisotopic (exact) mass is 329 g/mol. The first kappa shape index (κ1) is 13.2. The summed E-state index contributed by atoms with van der Waals surface area (Å²) in [5, 5.41) is 0. The number of fused-ring (bicyclic) bond motifs is 1. The Morgan fingerprint density at radius 3 is 2.58 bits per heavy atom. The van der Waals surface area contributed by atoms with Crippen molar-refractivity contribution >= 4 is 15.9 Å². The topological polar surface area (TPSA) is 44.5 Å². The Morgan fingerprint density at radius 2 is 1.84 bits per heavy atom. The minimum absolute atomic E-state index is 0.311. The maximum Gasteiger partial charge on any atom is 0.178 e. The standard InChI is InChI=1S/C14H17BrFNO2/c15-11-12(16)9(14(17)4-1-2-5-14)8-10-13(11)19-7-3-6-18-10/h8H,1-7,17H2. The summed E-state index contributed by atoms with van der Waals surface area (Å²) in [6.45, 7) is 1.13. The predicted octanol–water partition coefficient (Wildman–Crippen LogP) is 3.48. The third kappa shape index (κ3) is 2.23. The lowest BCUT2D eigenvalue weighted by Crippen LogP contribution is -2.34. The van der Waals surface area contributed by atoms with Gasteiger partial charge in [0.25, 0.3) is 0 Å². The fraction of sp³-hybridized carbons (Fsp3) is 0.571. The van der Waals surface area contributed by atoms with Gasteiger partial charge in [0, 0.05) is 17.5 Å². The van der Waals surface area contributed by atoms with Crippen molar-refractivity contribution in [2.75, 3.05) is 13.2 Å². The number of rotatable bonds is 1. The SMILES string of the molecule is NC1(c2cc3c(c(Br)c2F)OCCCO3)CCCC1. The Kier molecular flexibility index (Phi) is 3.43. The lowest BCUT2D eigenvalue weighted by molar-refractivity contribution is 0.296. The number of benzene rings is 1. The van der Waals surface area contributed by atoms with Crippen molar-refractivity contribution in [3.8, 4) is 11.5 Å². The molecule has 2 N–H and O–H groups in total. The van der Waals surface area contributed by atoms with E-state index in [1.54, 1.807) is 6.07 Å². The number of ether oxygens (including phenoxy) is 2. The first-order chi connectivity index (χ1) is 9.12. The maximum absolute atomic E-state index is 14.6. The van der Waals surface area contributed by atoms with Gasteiger partial charge in [0.15, 0.2) is 11.5 Å². The van der Waals surface area contributed by atoms with Gasteiger partial charge in [-0.1, -0.05) is 12.8 Å². The van der Waals surface area contributed by atoms with E-state index in [2.05, 4.69) is 15.9 Å². The van der Waals surface area contributed by atoms with Crippen LogP contribution in [0, 0.1) is 5.82 Å². The Morgan fingerprint density at radius 1 is 1.16 bits per heavy atom. The van der Waals surface area contributed by atoms with Crippen LogP contribution >= 0.6 is 15.9 Å². The molecule has 2 aliphatic rings. The van der Waals surface area contributed by atoms with Crippen LogP contribution in [0.2, 0.25) is 0 Å². The molecule has 0 amide bonds. The molecule has 104 valence electrons. The van der Waals surface area contributed by atoms with Crippen molar-refractivity contribution in [3.05, 3.63) is 21.9 Å². The highest BCUT2D eigenvalue weighted by Gasteiger charge is 2.36. The van der Waals surface area contributed by atoms with Crippen LogP contribution in [0.5, 0.6) is 11.5 Å². The summed E-state index contributed by atoms with van der Waals surface area (Å²) in [6.07, 6.45) is 4.52. The van der Waals surface area contributed by atoms with Crippen molar-refractivity contribution in [1.29, 1.82) is 0 Å². The molecule has 0 atom stereocenters. The molecular weight excluding hydrogens is 313 g/mol. The van der Waals surface area contributed by atoms with E-state index in [1.807, 2.05) is 0 Å². The molecule has 1 saturated carbocycles. The molecule has 1 fully saturated rings. The van der Waals surface area contributed by atoms with Crippen molar-refractivity contribution in [2.45, 2.75) is 37.6 Å². The number of halogens is 2. The van der Waals surface area contributed by atoms with Gasteiger partial charge in [0.05, 0.1) is 17.7 Å². The van der Waals surface area contributed by atoms with E-state index >= 15 is 0 Å². The highest BCUT2D eigenvalue weighted by molar-refractivity contribution is 9.10. The highest BCUT2D eigenvalue weighted by atomic mass is 79.9. The summed E-state index contributed by atoms with van der Waals surface area (Å²) < 4.78 is 26.1. The van der Waals surface area contributed by atoms with Crippen LogP contribution in [-0.2, 0) is 5.54 Å². The zero-order chi connectivity index (χ0) is 13.5. The van der Waals surface area contributed by atoms with Gasteiger partial charge in [0.1, 0.15) is 5.82 Å². The molecule has 0 spiro atoms. The van der Waals surface area contributed by atoms with E-state index < -0.39 is 5.54 Å². The number of hydrogen-bond donors (Lipinski definition) is 1. The van der Waals surface area contributed by atoms with Crippen molar-refractivity contribution in [1.82, 2.24) is 0 Å². The molecule has 1 heterocycles. The number of hydrogen-bond acceptors (Lipinski definition) is 3. The molecule has 3 nitrogen and oxygen atoms in total. The largest absolute Gasteiger partial charge is 0.490 e. The summed E-state index contributed by atoms with van der Waals surface area (Å²) in [7, 11) is 0. The first-order valence-electron chi connectivity index (χ1n) is 6.69. The van der Waals surface area contributed by atoms with Crippen molar-refractivity contribution in [3.63, 3.8) is 0 Å². The number of nitrogens with two attached hydrogens (primary N) is 1. The molecule has 0 saturated heterocycles. The van der Waals surface area contributed by atoms with Crippen LogP contribution in [-0.4, -0.2) is 13.2 Å². The minimum atomic E-state index is -0.572. The average Bonchev–Trinajstić information content (AvgIpc) is 2.70. The van der Waals surface area contributed by atoms with Gasteiger partial charge in [-0.2, -0.15) is 0 Å². The Hall–Kier alpha value is -0.810. The Balaban J connectivity index is 2.11. The molecule has 1 aliphatic carbocycles. The molecular formula is C14H17BrFNO2. The van der Waals surface area contributed by atoms with Gasteiger partial charge >= 0.3 is 0 Å². The third-order valence-electron chi connectivity index (χ3n) is 3.95. The zero-order valence-electron chi connectivity index (χ0n) is 10.7. The maximum atomic E-state index is 14.6. The summed E-state index contributed by atoms with van der Waals surface area (Å²) in [4.78, 5) is 0. The van der Waals surface area contributed by atoms with Gasteiger partial charge in [-0.3, -0.25) is 0 Å². The fourth-order valence-corrected chi connectivity index (χ4v) is 3.40. The second kappa shape index (κ2) is 4.94. The molecule has 19 heavy (non-hydrogen) atoms. The molecule has 0 unspecified atom stereocenters. The predicted molar refractivity (Wildman–Crippen MR) is 74.0 cm³/mol. The van der Waals surface area contributed by atoms with Gasteiger partial charge in [-0.05, 0) is 34.8 Å². The lowest BCUT2D eigenvalue weighted by atomic mass is 9.88. The second-order valence-corrected chi connectivity index (χ2v) is 6.09. The minimum Gasteiger partial charge on any atom is -0.490 e. The van der Waals surface area contributed by atoms with E-state index in [0.717, 1.165) is 32.1 Å². The average molecular weight is 330 g/mol. The molecule has 0 radical (unpaired) electrons. The Labute approximate surface area is 120 Å². The van der Waals surface area contributed by atoms with Crippen LogP contribution < -0.4 is 15.2 Å². The molecule has 0 bridgehead atoms.